The van der Waals surface area contributed by atoms with Gasteiger partial charge in [0, 0.05) is 0 Å². The molecule has 6 nitrogen and oxygen atoms in total. The lowest BCUT2D eigenvalue weighted by Gasteiger charge is -1.91. The summed E-state index contributed by atoms with van der Waals surface area (Å²) in [4.78, 5) is 22.2. The van der Waals surface area contributed by atoms with Gasteiger partial charge in [-0.05, 0) is 0 Å². The fourth-order valence-corrected chi connectivity index (χ4v) is 0.114. The topological polar surface area (TPSA) is 81.5 Å². The second-order valence-electron chi connectivity index (χ2n) is 0.776. The van der Waals surface area contributed by atoms with Gasteiger partial charge in [-0.25, -0.2) is 0 Å². The predicted molar refractivity (Wildman–Crippen MR) is 21.8 cm³/mol. The minimum atomic E-state index is -1.01. The third kappa shape index (κ3) is 4.67. The Labute approximate surface area is 44.5 Å². The average molecular weight is 119 g/mol. The van der Waals surface area contributed by atoms with Crippen molar-refractivity contribution in [2.75, 3.05) is 6.73 Å². The van der Waals surface area contributed by atoms with E-state index in [4.69, 9.17) is 0 Å². The van der Waals surface area contributed by atoms with E-state index in [1.54, 1.807) is 0 Å². The lowest BCUT2D eigenvalue weighted by molar-refractivity contribution is -0.758. The van der Waals surface area contributed by atoms with Crippen LogP contribution in [0.2, 0.25) is 0 Å². The molecule has 0 fully saturated rings. The highest BCUT2D eigenvalue weighted by molar-refractivity contribution is 5.46. The molecule has 0 aliphatic heterocycles. The summed E-state index contributed by atoms with van der Waals surface area (Å²) < 4.78 is 0. The van der Waals surface area contributed by atoms with Crippen molar-refractivity contribution in [1.29, 1.82) is 0 Å². The number of hydrogen-bond donors (Lipinski definition) is 1. The molecule has 0 heterocycles. The molecule has 0 spiro atoms. The van der Waals surface area contributed by atoms with Crippen LogP contribution >= 0.6 is 0 Å². The maximum absolute atomic E-state index is 9.29. The van der Waals surface area contributed by atoms with Crippen molar-refractivity contribution in [2.45, 2.75) is 0 Å². The van der Waals surface area contributed by atoms with E-state index in [-0.39, 0.29) is 0 Å². The highest BCUT2D eigenvalue weighted by Gasteiger charge is 1.89. The Hall–Kier alpha value is -1.33. The van der Waals surface area contributed by atoms with E-state index in [0.717, 1.165) is 0 Å². The van der Waals surface area contributed by atoms with Crippen LogP contribution in [0.3, 0.4) is 0 Å². The summed E-state index contributed by atoms with van der Waals surface area (Å²) in [7, 11) is 0. The van der Waals surface area contributed by atoms with E-state index >= 15 is 0 Å². The quantitative estimate of drug-likeness (QED) is 0.166. The van der Waals surface area contributed by atoms with E-state index in [9.17, 15) is 14.9 Å². The molecule has 0 saturated heterocycles. The summed E-state index contributed by atoms with van der Waals surface area (Å²) in [6.07, 6.45) is 1.19. The number of nitrogens with one attached hydrogen (secondary N) is 1. The second-order valence-corrected chi connectivity index (χ2v) is 0.776. The zero-order valence-electron chi connectivity index (χ0n) is 3.79. The smallest absolute Gasteiger partial charge is 0.310 e. The fraction of sp³-hybridized carbons (Fsp3) is 0.500. The summed E-state index contributed by atoms with van der Waals surface area (Å²) >= 11 is 0. The molecule has 1 N–H and O–H groups in total. The van der Waals surface area contributed by atoms with Gasteiger partial charge in [-0.3, -0.25) is 9.63 Å². The largest absolute Gasteiger partial charge is 0.325 e. The molecule has 0 rings (SSSR count). The molecular formula is C2H3N2O4. The van der Waals surface area contributed by atoms with Crippen LogP contribution in [0.5, 0.6) is 0 Å². The normalized spacial score (nSPS) is 7.50. The van der Waals surface area contributed by atoms with E-state index < -0.39 is 11.8 Å². The minimum absolute atomic E-state index is 0.448. The van der Waals surface area contributed by atoms with Crippen molar-refractivity contribution >= 4 is 6.41 Å². The molecule has 0 aromatic heterocycles. The van der Waals surface area contributed by atoms with Crippen LogP contribution < -0.4 is 5.32 Å². The van der Waals surface area contributed by atoms with Crippen molar-refractivity contribution < 1.29 is 14.7 Å². The van der Waals surface area contributed by atoms with Crippen molar-refractivity contribution in [2.24, 2.45) is 0 Å². The SMILES string of the molecule is O=[C]NCO[N+](=O)[O-]. The maximum atomic E-state index is 9.29. The van der Waals surface area contributed by atoms with Gasteiger partial charge in [0.15, 0.2) is 6.73 Å². The number of rotatable bonds is 4. The molecule has 0 aromatic carbocycles. The lowest BCUT2D eigenvalue weighted by atomic mass is 11.1. The molecule has 0 aliphatic carbocycles. The van der Waals surface area contributed by atoms with Gasteiger partial charge in [-0.15, -0.1) is 10.1 Å². The Bertz CT molecular complexity index is 92.0. The zero-order valence-corrected chi connectivity index (χ0v) is 3.79. The van der Waals surface area contributed by atoms with E-state index in [1.807, 2.05) is 5.32 Å². The predicted octanol–water partition coefficient (Wildman–Crippen LogP) is -1.19. The number of carbonyl (C=O) groups excluding carboxylic acids is 1. The van der Waals surface area contributed by atoms with E-state index in [0.29, 0.717) is 0 Å². The molecule has 0 atom stereocenters. The molecule has 0 saturated carbocycles. The van der Waals surface area contributed by atoms with Crippen molar-refractivity contribution in [3.05, 3.63) is 10.1 Å². The second kappa shape index (κ2) is 3.85. The van der Waals surface area contributed by atoms with Crippen LogP contribution in [0.1, 0.15) is 0 Å². The van der Waals surface area contributed by atoms with Gasteiger partial charge in [0.05, 0.1) is 0 Å². The highest BCUT2D eigenvalue weighted by Crippen LogP contribution is 1.65. The highest BCUT2D eigenvalue weighted by atomic mass is 17.0. The molecule has 45 valence electrons. The molecular weight excluding hydrogens is 116 g/mol. The Morgan fingerprint density at radius 3 is 2.88 bits per heavy atom. The Morgan fingerprint density at radius 2 is 2.50 bits per heavy atom. The maximum Gasteiger partial charge on any atom is 0.310 e. The minimum Gasteiger partial charge on any atom is -0.325 e. The Morgan fingerprint density at radius 1 is 1.88 bits per heavy atom. The van der Waals surface area contributed by atoms with Gasteiger partial charge < -0.3 is 5.32 Å². The average Bonchev–Trinajstić information content (AvgIpc) is 1.66. The van der Waals surface area contributed by atoms with Crippen LogP contribution in [0, 0.1) is 10.1 Å². The molecule has 1 amide bonds. The Balaban J connectivity index is 2.93. The van der Waals surface area contributed by atoms with Crippen molar-refractivity contribution in [3.63, 3.8) is 0 Å². The van der Waals surface area contributed by atoms with Crippen LogP contribution in [-0.2, 0) is 9.63 Å². The van der Waals surface area contributed by atoms with E-state index in [2.05, 4.69) is 4.84 Å². The Kier molecular flexibility index (Phi) is 3.21. The monoisotopic (exact) mass is 119 g/mol. The fourth-order valence-electron chi connectivity index (χ4n) is 0.114. The summed E-state index contributed by atoms with van der Waals surface area (Å²) in [5, 5.41) is 10.1. The molecule has 0 unspecified atom stereocenters. The van der Waals surface area contributed by atoms with Gasteiger partial charge >= 0.3 is 6.41 Å². The van der Waals surface area contributed by atoms with Crippen LogP contribution in [0.15, 0.2) is 0 Å². The zero-order chi connectivity index (χ0) is 6.41. The van der Waals surface area contributed by atoms with Gasteiger partial charge in [0.2, 0.25) is 0 Å². The third-order valence-corrected chi connectivity index (χ3v) is 0.314. The summed E-state index contributed by atoms with van der Waals surface area (Å²) in [6, 6.07) is 0. The molecule has 0 aromatic rings. The van der Waals surface area contributed by atoms with Crippen LogP contribution in [0.4, 0.5) is 0 Å². The van der Waals surface area contributed by atoms with Gasteiger partial charge in [0.25, 0.3) is 5.09 Å². The number of hydrogen-bond acceptors (Lipinski definition) is 4. The molecule has 6 heteroatoms. The number of amides is 1. The first-order valence-electron chi connectivity index (χ1n) is 1.64. The van der Waals surface area contributed by atoms with Crippen molar-refractivity contribution in [3.8, 4) is 0 Å². The lowest BCUT2D eigenvalue weighted by Crippen LogP contribution is -2.17. The standard InChI is InChI=1S/C2H3N2O4/c5-1-3-2-8-4(6)7/h2H2,(H,3,5). The van der Waals surface area contributed by atoms with E-state index in [1.165, 1.54) is 6.41 Å². The third-order valence-electron chi connectivity index (χ3n) is 0.314. The summed E-state index contributed by atoms with van der Waals surface area (Å²) in [6.45, 7) is -0.448. The molecule has 0 aliphatic rings. The summed E-state index contributed by atoms with van der Waals surface area (Å²) in [5.41, 5.74) is 0. The number of nitrogens with zero attached hydrogens (tertiary/aromatic N) is 1. The van der Waals surface area contributed by atoms with Gasteiger partial charge in [-0.2, -0.15) is 0 Å². The first-order chi connectivity index (χ1) is 3.77. The summed E-state index contributed by atoms with van der Waals surface area (Å²) in [5.74, 6) is 0. The first-order valence-corrected chi connectivity index (χ1v) is 1.64. The van der Waals surface area contributed by atoms with Gasteiger partial charge in [-0.1, -0.05) is 0 Å². The molecule has 0 bridgehead atoms. The van der Waals surface area contributed by atoms with Crippen LogP contribution in [0.25, 0.3) is 0 Å². The first kappa shape index (κ1) is 6.67. The van der Waals surface area contributed by atoms with Crippen LogP contribution in [-0.4, -0.2) is 18.2 Å². The van der Waals surface area contributed by atoms with Gasteiger partial charge in [0.1, 0.15) is 0 Å². The molecule has 1 radical (unpaired) electrons. The van der Waals surface area contributed by atoms with Crippen molar-refractivity contribution in [1.82, 2.24) is 5.32 Å². The molecule has 8 heavy (non-hydrogen) atoms.